The summed E-state index contributed by atoms with van der Waals surface area (Å²) in [5, 5.41) is 14.0. The fourth-order valence-electron chi connectivity index (χ4n) is 1.61. The molecule has 2 amide bonds. The van der Waals surface area contributed by atoms with E-state index in [1.54, 1.807) is 0 Å². The zero-order chi connectivity index (χ0) is 15.4. The average Bonchev–Trinajstić information content (AvgIpc) is 2.37. The molecule has 3 N–H and O–H groups in total. The Morgan fingerprint density at radius 2 is 1.60 bits per heavy atom. The molecule has 0 aliphatic heterocycles. The predicted molar refractivity (Wildman–Crippen MR) is 79.9 cm³/mol. The SMILES string of the molecule is CC(C)N(C)CCCCNC(=O)NCCCCC(=O)O. The highest BCUT2D eigenvalue weighted by Crippen LogP contribution is 1.97. The first kappa shape index (κ1) is 18.7. The molecule has 118 valence electrons. The Labute approximate surface area is 121 Å². The third kappa shape index (κ3) is 11.8. The van der Waals surface area contributed by atoms with Crippen LogP contribution in [0.2, 0.25) is 0 Å². The van der Waals surface area contributed by atoms with Gasteiger partial charge in [0.15, 0.2) is 0 Å². The molecule has 6 heteroatoms. The first-order valence-corrected chi connectivity index (χ1v) is 7.37. The number of amides is 2. The lowest BCUT2D eigenvalue weighted by molar-refractivity contribution is -0.137. The fourth-order valence-corrected chi connectivity index (χ4v) is 1.61. The Bertz CT molecular complexity index is 283. The van der Waals surface area contributed by atoms with Crippen molar-refractivity contribution in [2.75, 3.05) is 26.7 Å². The molecular weight excluding hydrogens is 258 g/mol. The van der Waals surface area contributed by atoms with E-state index in [0.717, 1.165) is 19.4 Å². The van der Waals surface area contributed by atoms with Crippen LogP contribution in [0.5, 0.6) is 0 Å². The number of hydrogen-bond acceptors (Lipinski definition) is 3. The number of carboxylic acids is 1. The second-order valence-electron chi connectivity index (χ2n) is 5.31. The van der Waals surface area contributed by atoms with Crippen LogP contribution in [0.15, 0.2) is 0 Å². The van der Waals surface area contributed by atoms with Gasteiger partial charge in [-0.05, 0) is 53.1 Å². The first-order valence-electron chi connectivity index (χ1n) is 7.37. The van der Waals surface area contributed by atoms with Gasteiger partial charge in [0.25, 0.3) is 0 Å². The molecule has 0 aromatic carbocycles. The summed E-state index contributed by atoms with van der Waals surface area (Å²) in [6.45, 7) is 6.56. The zero-order valence-corrected chi connectivity index (χ0v) is 12.9. The van der Waals surface area contributed by atoms with Crippen molar-refractivity contribution in [1.82, 2.24) is 15.5 Å². The largest absolute Gasteiger partial charge is 0.481 e. The van der Waals surface area contributed by atoms with E-state index in [1.165, 1.54) is 0 Å². The van der Waals surface area contributed by atoms with Crippen LogP contribution in [0.25, 0.3) is 0 Å². The molecule has 0 bridgehead atoms. The minimum atomic E-state index is -0.791. The Kier molecular flexibility index (Phi) is 10.8. The van der Waals surface area contributed by atoms with Crippen LogP contribution >= 0.6 is 0 Å². The summed E-state index contributed by atoms with van der Waals surface area (Å²) in [5.74, 6) is -0.791. The van der Waals surface area contributed by atoms with Gasteiger partial charge in [0, 0.05) is 25.6 Å². The summed E-state index contributed by atoms with van der Waals surface area (Å²) >= 11 is 0. The van der Waals surface area contributed by atoms with E-state index in [-0.39, 0.29) is 12.5 Å². The van der Waals surface area contributed by atoms with Gasteiger partial charge in [-0.2, -0.15) is 0 Å². The molecule has 0 aliphatic carbocycles. The smallest absolute Gasteiger partial charge is 0.314 e. The lowest BCUT2D eigenvalue weighted by Crippen LogP contribution is -2.36. The minimum Gasteiger partial charge on any atom is -0.481 e. The van der Waals surface area contributed by atoms with E-state index >= 15 is 0 Å². The van der Waals surface area contributed by atoms with Crippen molar-refractivity contribution in [1.29, 1.82) is 0 Å². The monoisotopic (exact) mass is 287 g/mol. The molecule has 20 heavy (non-hydrogen) atoms. The first-order chi connectivity index (χ1) is 9.43. The molecule has 0 aromatic rings. The number of carboxylic acid groups (broad SMARTS) is 1. The number of aliphatic carboxylic acids is 1. The van der Waals surface area contributed by atoms with Crippen molar-refractivity contribution in [2.24, 2.45) is 0 Å². The third-order valence-electron chi connectivity index (χ3n) is 3.21. The molecule has 0 saturated carbocycles. The second-order valence-corrected chi connectivity index (χ2v) is 5.31. The van der Waals surface area contributed by atoms with Crippen LogP contribution in [0, 0.1) is 0 Å². The number of rotatable bonds is 11. The fraction of sp³-hybridized carbons (Fsp3) is 0.857. The van der Waals surface area contributed by atoms with Crippen molar-refractivity contribution < 1.29 is 14.7 Å². The van der Waals surface area contributed by atoms with Gasteiger partial charge in [-0.3, -0.25) is 4.79 Å². The summed E-state index contributed by atoms with van der Waals surface area (Å²) in [6.07, 6.45) is 3.47. The van der Waals surface area contributed by atoms with Gasteiger partial charge in [-0.15, -0.1) is 0 Å². The van der Waals surface area contributed by atoms with Gasteiger partial charge in [-0.25, -0.2) is 4.79 Å². The number of hydrogen-bond donors (Lipinski definition) is 3. The lowest BCUT2D eigenvalue weighted by atomic mass is 10.2. The van der Waals surface area contributed by atoms with E-state index < -0.39 is 5.97 Å². The topological polar surface area (TPSA) is 81.7 Å². The van der Waals surface area contributed by atoms with Gasteiger partial charge < -0.3 is 20.6 Å². The highest BCUT2D eigenvalue weighted by molar-refractivity contribution is 5.73. The molecule has 0 rings (SSSR count). The van der Waals surface area contributed by atoms with Gasteiger partial charge in [-0.1, -0.05) is 0 Å². The summed E-state index contributed by atoms with van der Waals surface area (Å²) in [5.41, 5.74) is 0. The summed E-state index contributed by atoms with van der Waals surface area (Å²) in [6, 6.07) is 0.384. The second kappa shape index (κ2) is 11.5. The summed E-state index contributed by atoms with van der Waals surface area (Å²) < 4.78 is 0. The Balaban J connectivity index is 3.35. The normalized spacial score (nSPS) is 10.8. The van der Waals surface area contributed by atoms with E-state index in [4.69, 9.17) is 5.11 Å². The number of nitrogens with zero attached hydrogens (tertiary/aromatic N) is 1. The summed E-state index contributed by atoms with van der Waals surface area (Å²) in [7, 11) is 2.10. The van der Waals surface area contributed by atoms with Gasteiger partial charge >= 0.3 is 12.0 Å². The molecule has 0 aliphatic rings. The van der Waals surface area contributed by atoms with Crippen LogP contribution in [0.1, 0.15) is 46.0 Å². The Hall–Kier alpha value is -1.30. The number of urea groups is 1. The molecule has 0 atom stereocenters. The maximum Gasteiger partial charge on any atom is 0.314 e. The van der Waals surface area contributed by atoms with Crippen LogP contribution in [0.4, 0.5) is 4.79 Å². The molecule has 0 heterocycles. The molecule has 0 aromatic heterocycles. The van der Waals surface area contributed by atoms with Gasteiger partial charge in [0.2, 0.25) is 0 Å². The Morgan fingerprint density at radius 1 is 1.05 bits per heavy atom. The molecule has 0 radical (unpaired) electrons. The average molecular weight is 287 g/mol. The number of nitrogens with one attached hydrogen (secondary N) is 2. The van der Waals surface area contributed by atoms with E-state index in [1.807, 2.05) is 0 Å². The van der Waals surface area contributed by atoms with Crippen molar-refractivity contribution >= 4 is 12.0 Å². The standard InChI is InChI=1S/C14H29N3O3/c1-12(2)17(3)11-7-6-10-16-14(20)15-9-5-4-8-13(18)19/h12H,4-11H2,1-3H3,(H,18,19)(H2,15,16,20). The van der Waals surface area contributed by atoms with Crippen molar-refractivity contribution in [2.45, 2.75) is 52.0 Å². The van der Waals surface area contributed by atoms with E-state index in [2.05, 4.69) is 36.4 Å². The molecule has 0 unspecified atom stereocenters. The minimum absolute atomic E-state index is 0.159. The summed E-state index contributed by atoms with van der Waals surface area (Å²) in [4.78, 5) is 24.0. The zero-order valence-electron chi connectivity index (χ0n) is 12.9. The van der Waals surface area contributed by atoms with Crippen molar-refractivity contribution in [3.8, 4) is 0 Å². The lowest BCUT2D eigenvalue weighted by Gasteiger charge is -2.20. The molecular formula is C14H29N3O3. The molecule has 6 nitrogen and oxygen atoms in total. The molecule has 0 saturated heterocycles. The van der Waals surface area contributed by atoms with E-state index in [9.17, 15) is 9.59 Å². The highest BCUT2D eigenvalue weighted by Gasteiger charge is 2.03. The number of carbonyl (C=O) groups excluding carboxylic acids is 1. The predicted octanol–water partition coefficient (Wildman–Crippen LogP) is 1.66. The van der Waals surface area contributed by atoms with Crippen LogP contribution in [-0.4, -0.2) is 54.7 Å². The highest BCUT2D eigenvalue weighted by atomic mass is 16.4. The van der Waals surface area contributed by atoms with Gasteiger partial charge in [0.05, 0.1) is 0 Å². The molecule has 0 fully saturated rings. The number of unbranched alkanes of at least 4 members (excludes halogenated alkanes) is 2. The van der Waals surface area contributed by atoms with Gasteiger partial charge in [0.1, 0.15) is 0 Å². The van der Waals surface area contributed by atoms with Crippen LogP contribution in [-0.2, 0) is 4.79 Å². The van der Waals surface area contributed by atoms with E-state index in [0.29, 0.717) is 32.0 Å². The quantitative estimate of drug-likeness (QED) is 0.505. The third-order valence-corrected chi connectivity index (χ3v) is 3.21. The maximum atomic E-state index is 11.4. The van der Waals surface area contributed by atoms with Crippen LogP contribution in [0.3, 0.4) is 0 Å². The van der Waals surface area contributed by atoms with Crippen molar-refractivity contribution in [3.63, 3.8) is 0 Å². The molecule has 0 spiro atoms. The number of carbonyl (C=O) groups is 2. The Morgan fingerprint density at radius 3 is 2.10 bits per heavy atom. The van der Waals surface area contributed by atoms with Crippen molar-refractivity contribution in [3.05, 3.63) is 0 Å². The maximum absolute atomic E-state index is 11.4. The van der Waals surface area contributed by atoms with Crippen LogP contribution < -0.4 is 10.6 Å².